The van der Waals surface area contributed by atoms with Gasteiger partial charge in [-0.1, -0.05) is 0 Å². The van der Waals surface area contributed by atoms with Gasteiger partial charge < -0.3 is 10.5 Å². The zero-order chi connectivity index (χ0) is 10.4. The van der Waals surface area contributed by atoms with Gasteiger partial charge in [0.25, 0.3) is 0 Å². The smallest absolute Gasteiger partial charge is 0.134 e. The number of nitrogen functional groups attached to an aromatic ring is 1. The Hall–Kier alpha value is -1.27. The van der Waals surface area contributed by atoms with Crippen LogP contribution in [0.1, 0.15) is 6.42 Å². The van der Waals surface area contributed by atoms with E-state index in [1.54, 1.807) is 18.9 Å². The Labute approximate surface area is 88.8 Å². The van der Waals surface area contributed by atoms with Crippen LogP contribution < -0.4 is 10.5 Å². The lowest BCUT2D eigenvalue weighted by Crippen LogP contribution is -1.90. The highest BCUT2D eigenvalue weighted by atomic mass is 32.2. The summed E-state index contributed by atoms with van der Waals surface area (Å²) in [6, 6.07) is 5.63. The predicted octanol–water partition coefficient (Wildman–Crippen LogP) is 2.39. The first-order chi connectivity index (χ1) is 6.77. The quantitative estimate of drug-likeness (QED) is 0.356. The molecule has 74 valence electrons. The molecule has 0 saturated carbocycles. The summed E-state index contributed by atoms with van der Waals surface area (Å²) in [5, 5.41) is 0. The SMILES string of the molecule is C#CCCSc1ccc(N)cc1OC. The van der Waals surface area contributed by atoms with Crippen molar-refractivity contribution in [3.8, 4) is 18.1 Å². The van der Waals surface area contributed by atoms with Gasteiger partial charge >= 0.3 is 0 Å². The summed E-state index contributed by atoms with van der Waals surface area (Å²) in [4.78, 5) is 1.08. The van der Waals surface area contributed by atoms with Gasteiger partial charge in [-0.25, -0.2) is 0 Å². The number of hydrogen-bond donors (Lipinski definition) is 1. The second-order valence-electron chi connectivity index (χ2n) is 2.71. The lowest BCUT2D eigenvalue weighted by molar-refractivity contribution is 0.405. The highest BCUT2D eigenvalue weighted by Gasteiger charge is 2.02. The van der Waals surface area contributed by atoms with Gasteiger partial charge in [-0.05, 0) is 12.1 Å². The molecule has 0 heterocycles. The summed E-state index contributed by atoms with van der Waals surface area (Å²) in [6.45, 7) is 0. The van der Waals surface area contributed by atoms with Crippen LogP contribution in [0.3, 0.4) is 0 Å². The Morgan fingerprint density at radius 2 is 2.36 bits per heavy atom. The van der Waals surface area contributed by atoms with Crippen molar-refractivity contribution in [2.24, 2.45) is 0 Å². The van der Waals surface area contributed by atoms with Gasteiger partial charge in [0.2, 0.25) is 0 Å². The average Bonchev–Trinajstić information content (AvgIpc) is 2.20. The van der Waals surface area contributed by atoms with Crippen molar-refractivity contribution in [3.05, 3.63) is 18.2 Å². The highest BCUT2D eigenvalue weighted by molar-refractivity contribution is 7.99. The number of anilines is 1. The van der Waals surface area contributed by atoms with Crippen LogP contribution in [0.15, 0.2) is 23.1 Å². The van der Waals surface area contributed by atoms with E-state index >= 15 is 0 Å². The van der Waals surface area contributed by atoms with Crippen molar-refractivity contribution in [3.63, 3.8) is 0 Å². The van der Waals surface area contributed by atoms with Crippen molar-refractivity contribution in [1.29, 1.82) is 0 Å². The Morgan fingerprint density at radius 3 is 3.00 bits per heavy atom. The fourth-order valence-electron chi connectivity index (χ4n) is 1.02. The minimum Gasteiger partial charge on any atom is -0.496 e. The molecule has 2 nitrogen and oxygen atoms in total. The van der Waals surface area contributed by atoms with Crippen molar-refractivity contribution in [1.82, 2.24) is 0 Å². The van der Waals surface area contributed by atoms with Crippen LogP contribution in [-0.4, -0.2) is 12.9 Å². The van der Waals surface area contributed by atoms with Crippen molar-refractivity contribution in [2.75, 3.05) is 18.6 Å². The molecule has 3 heteroatoms. The third-order valence-corrected chi connectivity index (χ3v) is 2.75. The number of hydrogen-bond acceptors (Lipinski definition) is 3. The first-order valence-corrected chi connectivity index (χ1v) is 5.26. The highest BCUT2D eigenvalue weighted by Crippen LogP contribution is 2.31. The number of thioether (sulfide) groups is 1. The maximum Gasteiger partial charge on any atom is 0.134 e. The Morgan fingerprint density at radius 1 is 1.57 bits per heavy atom. The van der Waals surface area contributed by atoms with Crippen LogP contribution in [0.2, 0.25) is 0 Å². The molecule has 0 radical (unpaired) electrons. The summed E-state index contributed by atoms with van der Waals surface area (Å²) in [6.07, 6.45) is 5.93. The molecule has 0 atom stereocenters. The monoisotopic (exact) mass is 207 g/mol. The van der Waals surface area contributed by atoms with E-state index < -0.39 is 0 Å². The number of methoxy groups -OCH3 is 1. The third-order valence-electron chi connectivity index (χ3n) is 1.69. The zero-order valence-electron chi connectivity index (χ0n) is 8.12. The molecule has 0 aliphatic carbocycles. The van der Waals surface area contributed by atoms with E-state index in [0.29, 0.717) is 5.69 Å². The van der Waals surface area contributed by atoms with Crippen LogP contribution >= 0.6 is 11.8 Å². The normalized spacial score (nSPS) is 9.43. The molecule has 14 heavy (non-hydrogen) atoms. The molecule has 0 amide bonds. The van der Waals surface area contributed by atoms with Crippen LogP contribution in [0, 0.1) is 12.3 Å². The molecule has 0 aliphatic rings. The van der Waals surface area contributed by atoms with Crippen molar-refractivity contribution >= 4 is 17.4 Å². The first kappa shape index (κ1) is 10.8. The van der Waals surface area contributed by atoms with Crippen LogP contribution in [0.5, 0.6) is 5.75 Å². The van der Waals surface area contributed by atoms with Crippen molar-refractivity contribution in [2.45, 2.75) is 11.3 Å². The molecule has 1 aromatic rings. The fourth-order valence-corrected chi connectivity index (χ4v) is 1.91. The Bertz CT molecular complexity index is 344. The predicted molar refractivity (Wildman–Crippen MR) is 61.6 cm³/mol. The van der Waals surface area contributed by atoms with Crippen LogP contribution in [0.4, 0.5) is 5.69 Å². The fraction of sp³-hybridized carbons (Fsp3) is 0.273. The molecule has 0 bridgehead atoms. The molecule has 1 rings (SSSR count). The van der Waals surface area contributed by atoms with E-state index in [0.717, 1.165) is 22.8 Å². The summed E-state index contributed by atoms with van der Waals surface area (Å²) in [7, 11) is 1.64. The van der Waals surface area contributed by atoms with Gasteiger partial charge in [-0.3, -0.25) is 0 Å². The number of ether oxygens (including phenoxy) is 1. The maximum absolute atomic E-state index is 5.64. The standard InChI is InChI=1S/C11H13NOS/c1-3-4-7-14-11-6-5-9(12)8-10(11)13-2/h1,5-6,8H,4,7,12H2,2H3. The molecule has 0 unspecified atom stereocenters. The molecule has 1 aromatic carbocycles. The Balaban J connectivity index is 2.71. The minimum atomic E-state index is 0.711. The maximum atomic E-state index is 5.64. The number of nitrogens with two attached hydrogens (primary N) is 1. The van der Waals surface area contributed by atoms with Gasteiger partial charge in [0.1, 0.15) is 5.75 Å². The molecule has 0 aromatic heterocycles. The molecular weight excluding hydrogens is 194 g/mol. The summed E-state index contributed by atoms with van der Waals surface area (Å²) < 4.78 is 5.20. The lowest BCUT2D eigenvalue weighted by atomic mass is 10.3. The van der Waals surface area contributed by atoms with Gasteiger partial charge in [0.05, 0.1) is 7.11 Å². The van der Waals surface area contributed by atoms with Gasteiger partial charge in [0.15, 0.2) is 0 Å². The molecule has 0 spiro atoms. The molecular formula is C11H13NOS. The van der Waals surface area contributed by atoms with E-state index in [4.69, 9.17) is 16.9 Å². The summed E-state index contributed by atoms with van der Waals surface area (Å²) in [5.41, 5.74) is 6.35. The van der Waals surface area contributed by atoms with E-state index in [2.05, 4.69) is 5.92 Å². The lowest BCUT2D eigenvalue weighted by Gasteiger charge is -2.07. The van der Waals surface area contributed by atoms with E-state index in [1.807, 2.05) is 18.2 Å². The number of benzene rings is 1. The third kappa shape index (κ3) is 2.90. The second kappa shape index (κ2) is 5.46. The topological polar surface area (TPSA) is 35.2 Å². The largest absolute Gasteiger partial charge is 0.496 e. The van der Waals surface area contributed by atoms with Gasteiger partial charge in [-0.15, -0.1) is 24.1 Å². The number of terminal acetylenes is 1. The number of rotatable bonds is 4. The molecule has 0 fully saturated rings. The van der Waals surface area contributed by atoms with Gasteiger partial charge in [0, 0.05) is 28.8 Å². The second-order valence-corrected chi connectivity index (χ2v) is 3.85. The molecule has 0 aliphatic heterocycles. The minimum absolute atomic E-state index is 0.711. The van der Waals surface area contributed by atoms with E-state index in [-0.39, 0.29) is 0 Å². The first-order valence-electron chi connectivity index (χ1n) is 4.27. The van der Waals surface area contributed by atoms with E-state index in [9.17, 15) is 0 Å². The zero-order valence-corrected chi connectivity index (χ0v) is 8.93. The van der Waals surface area contributed by atoms with Crippen molar-refractivity contribution < 1.29 is 4.74 Å². The van der Waals surface area contributed by atoms with Crippen LogP contribution in [0.25, 0.3) is 0 Å². The van der Waals surface area contributed by atoms with Crippen LogP contribution in [-0.2, 0) is 0 Å². The average molecular weight is 207 g/mol. The summed E-state index contributed by atoms with van der Waals surface area (Å²) in [5.74, 6) is 4.31. The van der Waals surface area contributed by atoms with E-state index in [1.165, 1.54) is 0 Å². The van der Waals surface area contributed by atoms with Gasteiger partial charge in [-0.2, -0.15) is 0 Å². The Kier molecular flexibility index (Phi) is 4.21. The molecule has 2 N–H and O–H groups in total. The molecule has 0 saturated heterocycles. The summed E-state index contributed by atoms with van der Waals surface area (Å²) >= 11 is 1.68.